The van der Waals surface area contributed by atoms with Crippen molar-refractivity contribution < 1.29 is 9.53 Å². The van der Waals surface area contributed by atoms with Crippen LogP contribution in [0, 0.1) is 5.41 Å². The number of nitrogens with zero attached hydrogens (tertiary/aromatic N) is 1. The summed E-state index contributed by atoms with van der Waals surface area (Å²) in [5.41, 5.74) is 5.70. The van der Waals surface area contributed by atoms with Gasteiger partial charge in [-0.1, -0.05) is 6.42 Å². The van der Waals surface area contributed by atoms with E-state index in [0.29, 0.717) is 13.0 Å². The smallest absolute Gasteiger partial charge is 0.234 e. The molecular weight excluding hydrogens is 292 g/mol. The highest BCUT2D eigenvalue weighted by atomic mass is 16.5. The SMILES string of the molecule is CNCCCC[C@@H](C(N)=O)N(CCC=C=N)C1CCCCOC1. The predicted octanol–water partition coefficient (Wildman–Crippen LogP) is 1.30. The second-order valence-corrected chi connectivity index (χ2v) is 6.12. The van der Waals surface area contributed by atoms with E-state index in [4.69, 9.17) is 15.9 Å². The molecule has 1 saturated heterocycles. The Morgan fingerprint density at radius 1 is 1.52 bits per heavy atom. The fraction of sp³-hybridized carbons (Fsp3) is 0.824. The Morgan fingerprint density at radius 2 is 2.35 bits per heavy atom. The maximum Gasteiger partial charge on any atom is 0.234 e. The third-order valence-corrected chi connectivity index (χ3v) is 4.37. The number of rotatable bonds is 11. The third-order valence-electron chi connectivity index (χ3n) is 4.37. The third kappa shape index (κ3) is 7.75. The van der Waals surface area contributed by atoms with Crippen molar-refractivity contribution in [2.45, 2.75) is 57.0 Å². The van der Waals surface area contributed by atoms with Crippen molar-refractivity contribution in [1.82, 2.24) is 10.2 Å². The van der Waals surface area contributed by atoms with Crippen LogP contribution >= 0.6 is 0 Å². The molecule has 1 aliphatic rings. The molecule has 1 unspecified atom stereocenters. The molecule has 2 atom stereocenters. The average molecular weight is 324 g/mol. The zero-order chi connectivity index (χ0) is 16.9. The van der Waals surface area contributed by atoms with Gasteiger partial charge in [-0.15, -0.1) is 0 Å². The number of primary amides is 1. The number of carbonyl (C=O) groups excluding carboxylic acids is 1. The van der Waals surface area contributed by atoms with Crippen LogP contribution < -0.4 is 11.1 Å². The van der Waals surface area contributed by atoms with E-state index in [9.17, 15) is 4.79 Å². The minimum absolute atomic E-state index is 0.235. The summed E-state index contributed by atoms with van der Waals surface area (Å²) in [6.07, 6.45) is 8.43. The van der Waals surface area contributed by atoms with Gasteiger partial charge < -0.3 is 15.8 Å². The summed E-state index contributed by atoms with van der Waals surface area (Å²) in [6, 6.07) is -0.0175. The van der Waals surface area contributed by atoms with Crippen LogP contribution in [0.2, 0.25) is 0 Å². The minimum Gasteiger partial charge on any atom is -0.380 e. The first-order chi connectivity index (χ1) is 11.2. The molecule has 4 N–H and O–H groups in total. The van der Waals surface area contributed by atoms with Crippen LogP contribution in [0.25, 0.3) is 0 Å². The van der Waals surface area contributed by atoms with Crippen molar-refractivity contribution in [3.63, 3.8) is 0 Å². The summed E-state index contributed by atoms with van der Waals surface area (Å²) >= 11 is 0. The Balaban J connectivity index is 2.73. The first kappa shape index (κ1) is 19.8. The maximum atomic E-state index is 12.0. The highest BCUT2D eigenvalue weighted by molar-refractivity contribution is 5.79. The summed E-state index contributed by atoms with van der Waals surface area (Å²) < 4.78 is 5.70. The Morgan fingerprint density at radius 3 is 3.04 bits per heavy atom. The van der Waals surface area contributed by atoms with E-state index in [-0.39, 0.29) is 18.0 Å². The van der Waals surface area contributed by atoms with Gasteiger partial charge in [-0.2, -0.15) is 0 Å². The van der Waals surface area contributed by atoms with Gasteiger partial charge in [-0.3, -0.25) is 15.1 Å². The van der Waals surface area contributed by atoms with Crippen molar-refractivity contribution in [1.29, 1.82) is 5.41 Å². The fourth-order valence-electron chi connectivity index (χ4n) is 3.14. The van der Waals surface area contributed by atoms with Crippen molar-refractivity contribution in [2.24, 2.45) is 5.73 Å². The van der Waals surface area contributed by atoms with E-state index in [1.165, 1.54) is 0 Å². The predicted molar refractivity (Wildman–Crippen MR) is 92.8 cm³/mol. The molecule has 1 aliphatic heterocycles. The first-order valence-corrected chi connectivity index (χ1v) is 8.72. The molecule has 0 saturated carbocycles. The Labute approximate surface area is 139 Å². The van der Waals surface area contributed by atoms with Gasteiger partial charge in [0, 0.05) is 19.2 Å². The van der Waals surface area contributed by atoms with E-state index in [0.717, 1.165) is 58.2 Å². The molecule has 6 nitrogen and oxygen atoms in total. The molecule has 23 heavy (non-hydrogen) atoms. The van der Waals surface area contributed by atoms with Crippen LogP contribution in [0.4, 0.5) is 0 Å². The van der Waals surface area contributed by atoms with Crippen molar-refractivity contribution in [2.75, 3.05) is 33.4 Å². The highest BCUT2D eigenvalue weighted by Gasteiger charge is 2.30. The Kier molecular flexibility index (Phi) is 10.6. The Bertz CT molecular complexity index is 375. The van der Waals surface area contributed by atoms with Crippen molar-refractivity contribution in [3.8, 4) is 0 Å². The number of nitrogens with one attached hydrogen (secondary N) is 2. The molecule has 0 spiro atoms. The highest BCUT2D eigenvalue weighted by Crippen LogP contribution is 2.20. The monoisotopic (exact) mass is 324 g/mol. The summed E-state index contributed by atoms with van der Waals surface area (Å²) in [5.74, 6) is 2.06. The van der Waals surface area contributed by atoms with Crippen LogP contribution in [-0.2, 0) is 9.53 Å². The second kappa shape index (κ2) is 12.3. The molecular formula is C17H32N4O2. The summed E-state index contributed by atoms with van der Waals surface area (Å²) in [5, 5.41) is 10.2. The normalized spacial score (nSPS) is 19.8. The number of unbranched alkanes of at least 4 members (excludes halogenated alkanes) is 1. The molecule has 0 aromatic carbocycles. The van der Waals surface area contributed by atoms with E-state index in [2.05, 4.69) is 16.1 Å². The number of hydrogen-bond donors (Lipinski definition) is 3. The van der Waals surface area contributed by atoms with Gasteiger partial charge in [0.2, 0.25) is 5.91 Å². The van der Waals surface area contributed by atoms with Crippen LogP contribution in [0.3, 0.4) is 0 Å². The second-order valence-electron chi connectivity index (χ2n) is 6.12. The van der Waals surface area contributed by atoms with Crippen LogP contribution in [0.1, 0.15) is 44.9 Å². The summed E-state index contributed by atoms with van der Waals surface area (Å²) in [7, 11) is 1.93. The van der Waals surface area contributed by atoms with Crippen LogP contribution in [0.5, 0.6) is 0 Å². The lowest BCUT2D eigenvalue weighted by Crippen LogP contribution is -2.51. The van der Waals surface area contributed by atoms with Gasteiger partial charge >= 0.3 is 0 Å². The summed E-state index contributed by atoms with van der Waals surface area (Å²) in [6.45, 7) is 3.14. The van der Waals surface area contributed by atoms with Gasteiger partial charge in [-0.25, -0.2) is 0 Å². The summed E-state index contributed by atoms with van der Waals surface area (Å²) in [4.78, 5) is 14.2. The topological polar surface area (TPSA) is 91.4 Å². The molecule has 1 rings (SSSR count). The molecule has 6 heteroatoms. The molecule has 132 valence electrons. The first-order valence-electron chi connectivity index (χ1n) is 8.72. The lowest BCUT2D eigenvalue weighted by Gasteiger charge is -2.36. The van der Waals surface area contributed by atoms with E-state index < -0.39 is 0 Å². The maximum absolute atomic E-state index is 12.0. The molecule has 1 amide bonds. The zero-order valence-corrected chi connectivity index (χ0v) is 14.4. The number of amides is 1. The van der Waals surface area contributed by atoms with Crippen LogP contribution in [-0.4, -0.2) is 62.1 Å². The number of hydrogen-bond acceptors (Lipinski definition) is 5. The minimum atomic E-state index is -0.252. The quantitative estimate of drug-likeness (QED) is 0.394. The van der Waals surface area contributed by atoms with Gasteiger partial charge in [0.1, 0.15) is 0 Å². The molecule has 0 radical (unpaired) electrons. The number of nitrogens with two attached hydrogens (primary N) is 1. The largest absolute Gasteiger partial charge is 0.380 e. The van der Waals surface area contributed by atoms with Gasteiger partial charge in [-0.05, 0) is 64.1 Å². The number of ether oxygens (including phenoxy) is 1. The fourth-order valence-corrected chi connectivity index (χ4v) is 3.14. The van der Waals surface area contributed by atoms with Gasteiger partial charge in [0.15, 0.2) is 0 Å². The molecule has 0 aromatic rings. The Hall–Kier alpha value is -1.20. The standard InChI is InChI=1S/C17H32N4O2/c1-20-11-5-2-9-16(17(19)22)21(12-6-4-10-18)15-8-3-7-13-23-14-15/h4,15-16,18,20H,2-3,5-9,11-14H2,1H3,(H2,19,22)/t15?,16-/m0/s1. The van der Waals surface area contributed by atoms with E-state index in [1.807, 2.05) is 7.05 Å². The number of carbonyl (C=O) groups is 1. The lowest BCUT2D eigenvalue weighted by molar-refractivity contribution is -0.125. The zero-order valence-electron chi connectivity index (χ0n) is 14.4. The molecule has 1 fully saturated rings. The van der Waals surface area contributed by atoms with E-state index in [1.54, 1.807) is 6.08 Å². The van der Waals surface area contributed by atoms with Crippen LogP contribution in [0.15, 0.2) is 6.08 Å². The molecule has 0 aromatic heterocycles. The van der Waals surface area contributed by atoms with Gasteiger partial charge in [0.25, 0.3) is 0 Å². The van der Waals surface area contributed by atoms with Crippen molar-refractivity contribution in [3.05, 3.63) is 6.08 Å². The lowest BCUT2D eigenvalue weighted by atomic mass is 10.0. The van der Waals surface area contributed by atoms with Gasteiger partial charge in [0.05, 0.1) is 12.6 Å². The van der Waals surface area contributed by atoms with Crippen molar-refractivity contribution >= 4 is 11.8 Å². The molecule has 0 aliphatic carbocycles. The molecule has 0 bridgehead atoms. The molecule has 1 heterocycles. The average Bonchev–Trinajstić information content (AvgIpc) is 2.81. The van der Waals surface area contributed by atoms with E-state index >= 15 is 0 Å².